The first-order chi connectivity index (χ1) is 12.0. The molecule has 2 aromatic carbocycles. The first-order valence-electron chi connectivity index (χ1n) is 7.87. The van der Waals surface area contributed by atoms with E-state index in [1.807, 2.05) is 0 Å². The molecule has 0 aliphatic rings. The van der Waals surface area contributed by atoms with E-state index in [-0.39, 0.29) is 18.1 Å². The maximum atomic E-state index is 14.3. The summed E-state index contributed by atoms with van der Waals surface area (Å²) in [5.41, 5.74) is 1.64. The predicted molar refractivity (Wildman–Crippen MR) is 91.6 cm³/mol. The lowest BCUT2D eigenvalue weighted by Crippen LogP contribution is -2.13. The van der Waals surface area contributed by atoms with Gasteiger partial charge in [0.2, 0.25) is 5.91 Å². The van der Waals surface area contributed by atoms with Crippen molar-refractivity contribution in [2.24, 2.45) is 0 Å². The number of hydrogen-bond donors (Lipinski definition) is 1. The van der Waals surface area contributed by atoms with Crippen LogP contribution in [0.25, 0.3) is 5.69 Å². The SMILES string of the molecule is Cc1nccn1-c1ccc(NC(=O)CCc2ccc(F)cc2)cc1F. The molecule has 4 nitrogen and oxygen atoms in total. The van der Waals surface area contributed by atoms with E-state index in [0.29, 0.717) is 23.6 Å². The van der Waals surface area contributed by atoms with Crippen LogP contribution in [0.5, 0.6) is 0 Å². The monoisotopic (exact) mass is 341 g/mol. The average molecular weight is 341 g/mol. The third-order valence-electron chi connectivity index (χ3n) is 3.87. The summed E-state index contributed by atoms with van der Waals surface area (Å²) in [6, 6.07) is 10.5. The molecule has 1 amide bonds. The largest absolute Gasteiger partial charge is 0.326 e. The fraction of sp³-hybridized carbons (Fsp3) is 0.158. The van der Waals surface area contributed by atoms with Gasteiger partial charge in [0.25, 0.3) is 0 Å². The van der Waals surface area contributed by atoms with Gasteiger partial charge in [0.05, 0.1) is 5.69 Å². The number of nitrogens with one attached hydrogen (secondary N) is 1. The van der Waals surface area contributed by atoms with Crippen molar-refractivity contribution < 1.29 is 13.6 Å². The summed E-state index contributed by atoms with van der Waals surface area (Å²) in [4.78, 5) is 16.1. The average Bonchev–Trinajstić information content (AvgIpc) is 3.00. The molecule has 1 N–H and O–H groups in total. The van der Waals surface area contributed by atoms with Crippen LogP contribution in [0.4, 0.5) is 14.5 Å². The van der Waals surface area contributed by atoms with Crippen LogP contribution in [0, 0.1) is 18.6 Å². The summed E-state index contributed by atoms with van der Waals surface area (Å²) >= 11 is 0. The van der Waals surface area contributed by atoms with Crippen LogP contribution in [0.15, 0.2) is 54.9 Å². The van der Waals surface area contributed by atoms with Gasteiger partial charge in [-0.1, -0.05) is 12.1 Å². The zero-order valence-electron chi connectivity index (χ0n) is 13.7. The summed E-state index contributed by atoms with van der Waals surface area (Å²) < 4.78 is 28.8. The second-order valence-corrected chi connectivity index (χ2v) is 5.69. The highest BCUT2D eigenvalue weighted by molar-refractivity contribution is 5.90. The normalized spacial score (nSPS) is 10.7. The van der Waals surface area contributed by atoms with Gasteiger partial charge in [-0.05, 0) is 49.2 Å². The molecule has 0 atom stereocenters. The van der Waals surface area contributed by atoms with E-state index < -0.39 is 5.82 Å². The van der Waals surface area contributed by atoms with Crippen molar-refractivity contribution in [3.05, 3.63) is 77.9 Å². The predicted octanol–water partition coefficient (Wildman–Crippen LogP) is 4.03. The Morgan fingerprint density at radius 2 is 1.92 bits per heavy atom. The molecule has 0 bridgehead atoms. The van der Waals surface area contributed by atoms with Crippen LogP contribution in [-0.2, 0) is 11.2 Å². The summed E-state index contributed by atoms with van der Waals surface area (Å²) in [5, 5.41) is 2.67. The van der Waals surface area contributed by atoms with Gasteiger partial charge in [0.15, 0.2) is 0 Å². The molecule has 0 saturated heterocycles. The van der Waals surface area contributed by atoms with Gasteiger partial charge >= 0.3 is 0 Å². The van der Waals surface area contributed by atoms with Crippen molar-refractivity contribution in [3.63, 3.8) is 0 Å². The lowest BCUT2D eigenvalue weighted by molar-refractivity contribution is -0.116. The third-order valence-corrected chi connectivity index (χ3v) is 3.87. The zero-order chi connectivity index (χ0) is 17.8. The van der Waals surface area contributed by atoms with Crippen molar-refractivity contribution >= 4 is 11.6 Å². The van der Waals surface area contributed by atoms with Gasteiger partial charge in [-0.25, -0.2) is 13.8 Å². The maximum absolute atomic E-state index is 14.3. The van der Waals surface area contributed by atoms with Crippen molar-refractivity contribution in [1.82, 2.24) is 9.55 Å². The summed E-state index contributed by atoms with van der Waals surface area (Å²) in [5.74, 6) is -0.306. The molecule has 0 saturated carbocycles. The Hall–Kier alpha value is -3.02. The molecule has 6 heteroatoms. The number of aryl methyl sites for hydroxylation is 2. The Bertz CT molecular complexity index is 888. The lowest BCUT2D eigenvalue weighted by atomic mass is 10.1. The smallest absolute Gasteiger partial charge is 0.224 e. The highest BCUT2D eigenvalue weighted by Crippen LogP contribution is 2.19. The lowest BCUT2D eigenvalue weighted by Gasteiger charge is -2.10. The van der Waals surface area contributed by atoms with E-state index in [1.165, 1.54) is 18.2 Å². The van der Waals surface area contributed by atoms with Gasteiger partial charge < -0.3 is 9.88 Å². The fourth-order valence-electron chi connectivity index (χ4n) is 2.55. The highest BCUT2D eigenvalue weighted by Gasteiger charge is 2.10. The molecule has 0 aliphatic heterocycles. The quantitative estimate of drug-likeness (QED) is 0.762. The van der Waals surface area contributed by atoms with Crippen LogP contribution >= 0.6 is 0 Å². The van der Waals surface area contributed by atoms with Gasteiger partial charge in [-0.15, -0.1) is 0 Å². The Morgan fingerprint density at radius 3 is 2.56 bits per heavy atom. The highest BCUT2D eigenvalue weighted by atomic mass is 19.1. The minimum atomic E-state index is -0.447. The number of carbonyl (C=O) groups is 1. The van der Waals surface area contributed by atoms with E-state index in [1.54, 1.807) is 48.1 Å². The Labute approximate surface area is 144 Å². The van der Waals surface area contributed by atoms with E-state index >= 15 is 0 Å². The summed E-state index contributed by atoms with van der Waals surface area (Å²) in [6.45, 7) is 1.78. The van der Waals surface area contributed by atoms with E-state index in [4.69, 9.17) is 0 Å². The molecule has 1 aromatic heterocycles. The Balaban J connectivity index is 1.62. The molecule has 128 valence electrons. The van der Waals surface area contributed by atoms with Crippen molar-refractivity contribution in [2.45, 2.75) is 19.8 Å². The number of amides is 1. The van der Waals surface area contributed by atoms with Gasteiger partial charge in [-0.2, -0.15) is 0 Å². The third kappa shape index (κ3) is 4.09. The minimum Gasteiger partial charge on any atom is -0.326 e. The summed E-state index contributed by atoms with van der Waals surface area (Å²) in [6.07, 6.45) is 3.99. The second kappa shape index (κ2) is 7.25. The number of anilines is 1. The number of rotatable bonds is 5. The van der Waals surface area contributed by atoms with Crippen LogP contribution in [0.3, 0.4) is 0 Å². The Kier molecular flexibility index (Phi) is 4.88. The number of carbonyl (C=O) groups excluding carboxylic acids is 1. The molecular formula is C19H17F2N3O. The molecule has 0 radical (unpaired) electrons. The number of imidazole rings is 1. The van der Waals surface area contributed by atoms with E-state index in [2.05, 4.69) is 10.3 Å². The molecule has 1 heterocycles. The van der Waals surface area contributed by atoms with Gasteiger partial charge in [-0.3, -0.25) is 4.79 Å². The minimum absolute atomic E-state index is 0.227. The van der Waals surface area contributed by atoms with E-state index in [0.717, 1.165) is 5.56 Å². The first kappa shape index (κ1) is 16.8. The van der Waals surface area contributed by atoms with E-state index in [9.17, 15) is 13.6 Å². The molecule has 0 fully saturated rings. The molecule has 25 heavy (non-hydrogen) atoms. The van der Waals surface area contributed by atoms with Gasteiger partial charge in [0.1, 0.15) is 17.5 Å². The number of benzene rings is 2. The molecule has 0 aliphatic carbocycles. The Morgan fingerprint density at radius 1 is 1.16 bits per heavy atom. The van der Waals surface area contributed by atoms with Crippen molar-refractivity contribution in [2.75, 3.05) is 5.32 Å². The number of halogens is 2. The molecule has 0 spiro atoms. The molecular weight excluding hydrogens is 324 g/mol. The maximum Gasteiger partial charge on any atom is 0.224 e. The number of nitrogens with zero attached hydrogens (tertiary/aromatic N) is 2. The molecule has 3 aromatic rings. The topological polar surface area (TPSA) is 46.9 Å². The zero-order valence-corrected chi connectivity index (χ0v) is 13.7. The second-order valence-electron chi connectivity index (χ2n) is 5.69. The standard InChI is InChI=1S/C19H17F2N3O/c1-13-22-10-11-24(13)18-8-7-16(12-17(18)21)23-19(25)9-4-14-2-5-15(20)6-3-14/h2-3,5-8,10-12H,4,9H2,1H3,(H,23,25). The van der Waals surface area contributed by atoms with Crippen LogP contribution < -0.4 is 5.32 Å². The van der Waals surface area contributed by atoms with Crippen LogP contribution in [0.1, 0.15) is 17.8 Å². The molecule has 3 rings (SSSR count). The van der Waals surface area contributed by atoms with Crippen molar-refractivity contribution in [1.29, 1.82) is 0 Å². The van der Waals surface area contributed by atoms with Crippen LogP contribution in [-0.4, -0.2) is 15.5 Å². The molecule has 0 unspecified atom stereocenters. The van der Waals surface area contributed by atoms with Gasteiger partial charge in [0, 0.05) is 24.5 Å². The number of aromatic nitrogens is 2. The first-order valence-corrected chi connectivity index (χ1v) is 7.87. The van der Waals surface area contributed by atoms with Crippen molar-refractivity contribution in [3.8, 4) is 5.69 Å². The van der Waals surface area contributed by atoms with Crippen LogP contribution in [0.2, 0.25) is 0 Å². The number of hydrogen-bond acceptors (Lipinski definition) is 2. The fourth-order valence-corrected chi connectivity index (χ4v) is 2.55. The summed E-state index contributed by atoms with van der Waals surface area (Å²) in [7, 11) is 0.